The number of hydrogen-bond acceptors (Lipinski definition) is 6. The molecule has 0 fully saturated rings. The fourth-order valence-corrected chi connectivity index (χ4v) is 3.82. The van der Waals surface area contributed by atoms with Gasteiger partial charge >= 0.3 is 0 Å². The summed E-state index contributed by atoms with van der Waals surface area (Å²) in [5.41, 5.74) is 4.14. The summed E-state index contributed by atoms with van der Waals surface area (Å²) in [6.45, 7) is 3.22. The van der Waals surface area contributed by atoms with Gasteiger partial charge in [-0.3, -0.25) is 19.6 Å². The highest BCUT2D eigenvalue weighted by atomic mass is 35.5. The molecule has 4 N–H and O–H groups in total. The SMILES string of the molecule is Cl.O=C(Nc1cccc(C(=O)Nc2ccc(C3=NCCN3)cc2)c1)c1ccc(C2=NCCN2)cc1. The minimum absolute atomic E-state index is 0. The third-order valence-electron chi connectivity index (χ3n) is 5.57. The molecule has 2 amide bonds. The van der Waals surface area contributed by atoms with Gasteiger partial charge in [0, 0.05) is 46.7 Å². The summed E-state index contributed by atoms with van der Waals surface area (Å²) in [6, 6.07) is 21.7. The quantitative estimate of drug-likeness (QED) is 0.427. The van der Waals surface area contributed by atoms with Gasteiger partial charge in [0.05, 0.1) is 13.1 Å². The van der Waals surface area contributed by atoms with Crippen LogP contribution in [0.15, 0.2) is 82.8 Å². The molecule has 0 aromatic heterocycles. The van der Waals surface area contributed by atoms with Gasteiger partial charge in [-0.25, -0.2) is 0 Å². The number of halogens is 1. The van der Waals surface area contributed by atoms with Crippen molar-refractivity contribution in [2.45, 2.75) is 0 Å². The summed E-state index contributed by atoms with van der Waals surface area (Å²) in [5.74, 6) is 1.23. The first-order chi connectivity index (χ1) is 16.7. The predicted molar refractivity (Wildman–Crippen MR) is 141 cm³/mol. The van der Waals surface area contributed by atoms with Crippen molar-refractivity contribution in [1.29, 1.82) is 0 Å². The number of rotatable bonds is 6. The number of nitrogens with one attached hydrogen (secondary N) is 4. The Labute approximate surface area is 209 Å². The fourth-order valence-electron chi connectivity index (χ4n) is 3.82. The highest BCUT2D eigenvalue weighted by molar-refractivity contribution is 6.08. The standard InChI is InChI=1S/C26H24N6O2.ClH/c33-25(19-6-4-17(5-7-19)23-27-12-13-28-23)32-22-3-1-2-20(16-22)26(34)31-21-10-8-18(9-11-21)24-29-14-15-30-24;/h1-11,16H,12-15H2,(H,27,28)(H,29,30)(H,31,34)(H,32,33);1H. The molecule has 2 aliphatic heterocycles. The lowest BCUT2D eigenvalue weighted by atomic mass is 10.1. The molecular formula is C26H25ClN6O2. The average Bonchev–Trinajstić information content (AvgIpc) is 3.60. The van der Waals surface area contributed by atoms with Crippen LogP contribution in [0, 0.1) is 0 Å². The fraction of sp³-hybridized carbons (Fsp3) is 0.154. The number of carbonyl (C=O) groups excluding carboxylic acids is 2. The predicted octanol–water partition coefficient (Wildman–Crippen LogP) is 3.31. The second kappa shape index (κ2) is 10.8. The van der Waals surface area contributed by atoms with E-state index in [9.17, 15) is 9.59 Å². The first-order valence-electron chi connectivity index (χ1n) is 11.2. The van der Waals surface area contributed by atoms with E-state index in [0.29, 0.717) is 22.5 Å². The molecule has 0 saturated carbocycles. The van der Waals surface area contributed by atoms with Gasteiger partial charge in [-0.2, -0.15) is 0 Å². The third kappa shape index (κ3) is 5.67. The Bertz CT molecular complexity index is 1290. The summed E-state index contributed by atoms with van der Waals surface area (Å²) >= 11 is 0. The summed E-state index contributed by atoms with van der Waals surface area (Å²) in [4.78, 5) is 34.2. The van der Waals surface area contributed by atoms with Crippen LogP contribution in [-0.2, 0) is 0 Å². The molecule has 5 rings (SSSR count). The highest BCUT2D eigenvalue weighted by Gasteiger charge is 2.13. The van der Waals surface area contributed by atoms with Crippen molar-refractivity contribution in [3.05, 3.63) is 95.1 Å². The summed E-state index contributed by atoms with van der Waals surface area (Å²) in [5, 5.41) is 12.2. The smallest absolute Gasteiger partial charge is 0.255 e. The molecule has 0 saturated heterocycles. The van der Waals surface area contributed by atoms with Crippen molar-refractivity contribution < 1.29 is 9.59 Å². The van der Waals surface area contributed by atoms with E-state index >= 15 is 0 Å². The lowest BCUT2D eigenvalue weighted by Crippen LogP contribution is -2.19. The van der Waals surface area contributed by atoms with Crippen LogP contribution in [0.5, 0.6) is 0 Å². The van der Waals surface area contributed by atoms with E-state index in [0.717, 1.165) is 49.0 Å². The number of carbonyl (C=O) groups is 2. The van der Waals surface area contributed by atoms with Gasteiger partial charge < -0.3 is 21.3 Å². The van der Waals surface area contributed by atoms with Gasteiger partial charge in [0.15, 0.2) is 0 Å². The molecule has 178 valence electrons. The minimum atomic E-state index is -0.255. The lowest BCUT2D eigenvalue weighted by Gasteiger charge is -2.10. The second-order valence-electron chi connectivity index (χ2n) is 7.96. The highest BCUT2D eigenvalue weighted by Crippen LogP contribution is 2.16. The molecule has 3 aromatic rings. The molecule has 0 spiro atoms. The molecule has 9 heteroatoms. The maximum Gasteiger partial charge on any atom is 0.255 e. The average molecular weight is 489 g/mol. The first kappa shape index (κ1) is 24.0. The van der Waals surface area contributed by atoms with E-state index in [4.69, 9.17) is 0 Å². The molecule has 0 radical (unpaired) electrons. The maximum absolute atomic E-state index is 12.7. The van der Waals surface area contributed by atoms with Gasteiger partial charge in [0.1, 0.15) is 11.7 Å². The molecule has 35 heavy (non-hydrogen) atoms. The monoisotopic (exact) mass is 488 g/mol. The number of benzene rings is 3. The van der Waals surface area contributed by atoms with Gasteiger partial charge in [0.2, 0.25) is 0 Å². The van der Waals surface area contributed by atoms with Crippen LogP contribution >= 0.6 is 12.4 Å². The van der Waals surface area contributed by atoms with Crippen LogP contribution in [0.1, 0.15) is 31.8 Å². The Morgan fingerprint density at radius 1 is 0.657 bits per heavy atom. The summed E-state index contributed by atoms with van der Waals surface area (Å²) in [7, 11) is 0. The van der Waals surface area contributed by atoms with Crippen LogP contribution in [0.4, 0.5) is 11.4 Å². The Morgan fingerprint density at radius 3 is 1.77 bits per heavy atom. The number of nitrogens with zero attached hydrogens (tertiary/aromatic N) is 2. The van der Waals surface area contributed by atoms with Crippen molar-refractivity contribution >= 4 is 47.3 Å². The zero-order chi connectivity index (χ0) is 23.3. The number of aliphatic imine (C=N–C) groups is 2. The molecule has 8 nitrogen and oxygen atoms in total. The Balaban J connectivity index is 0.00000289. The second-order valence-corrected chi connectivity index (χ2v) is 7.96. The van der Waals surface area contributed by atoms with E-state index in [1.165, 1.54) is 0 Å². The molecular weight excluding hydrogens is 464 g/mol. The topological polar surface area (TPSA) is 107 Å². The van der Waals surface area contributed by atoms with E-state index in [1.54, 1.807) is 36.4 Å². The minimum Gasteiger partial charge on any atom is -0.368 e. The Hall–Kier alpha value is -4.17. The summed E-state index contributed by atoms with van der Waals surface area (Å²) in [6.07, 6.45) is 0. The normalized spacial score (nSPS) is 14.1. The van der Waals surface area contributed by atoms with Crippen molar-refractivity contribution in [3.8, 4) is 0 Å². The van der Waals surface area contributed by atoms with Crippen molar-refractivity contribution in [3.63, 3.8) is 0 Å². The number of amides is 2. The molecule has 0 bridgehead atoms. The van der Waals surface area contributed by atoms with Gasteiger partial charge in [-0.05, 0) is 54.6 Å². The molecule has 0 unspecified atom stereocenters. The van der Waals surface area contributed by atoms with E-state index in [-0.39, 0.29) is 24.2 Å². The zero-order valence-corrected chi connectivity index (χ0v) is 19.7. The molecule has 0 atom stereocenters. The largest absolute Gasteiger partial charge is 0.368 e. The van der Waals surface area contributed by atoms with Crippen LogP contribution in [-0.4, -0.2) is 49.7 Å². The van der Waals surface area contributed by atoms with E-state index in [1.807, 2.05) is 36.4 Å². The van der Waals surface area contributed by atoms with Gasteiger partial charge in [0.25, 0.3) is 11.8 Å². The molecule has 2 heterocycles. The number of hydrogen-bond donors (Lipinski definition) is 4. The van der Waals surface area contributed by atoms with Crippen molar-refractivity contribution in [1.82, 2.24) is 10.6 Å². The van der Waals surface area contributed by atoms with E-state index in [2.05, 4.69) is 31.3 Å². The first-order valence-corrected chi connectivity index (χ1v) is 11.2. The zero-order valence-electron chi connectivity index (χ0n) is 18.9. The van der Waals surface area contributed by atoms with Gasteiger partial charge in [-0.1, -0.05) is 18.2 Å². The van der Waals surface area contributed by atoms with E-state index < -0.39 is 0 Å². The van der Waals surface area contributed by atoms with Crippen LogP contribution < -0.4 is 21.3 Å². The van der Waals surface area contributed by atoms with Gasteiger partial charge in [-0.15, -0.1) is 12.4 Å². The Morgan fingerprint density at radius 2 is 1.20 bits per heavy atom. The van der Waals surface area contributed by atoms with Crippen molar-refractivity contribution in [2.24, 2.45) is 9.98 Å². The third-order valence-corrected chi connectivity index (χ3v) is 5.57. The Kier molecular flexibility index (Phi) is 7.42. The summed E-state index contributed by atoms with van der Waals surface area (Å²) < 4.78 is 0. The lowest BCUT2D eigenvalue weighted by molar-refractivity contribution is 0.101. The molecule has 3 aromatic carbocycles. The van der Waals surface area contributed by atoms with Crippen LogP contribution in [0.3, 0.4) is 0 Å². The maximum atomic E-state index is 12.7. The number of anilines is 2. The molecule has 2 aliphatic rings. The van der Waals surface area contributed by atoms with Crippen molar-refractivity contribution in [2.75, 3.05) is 36.8 Å². The number of amidine groups is 2. The van der Waals surface area contributed by atoms with Crippen LogP contribution in [0.2, 0.25) is 0 Å². The van der Waals surface area contributed by atoms with Crippen LogP contribution in [0.25, 0.3) is 0 Å². The molecule has 0 aliphatic carbocycles.